The van der Waals surface area contributed by atoms with Crippen molar-refractivity contribution < 1.29 is 124 Å². The second kappa shape index (κ2) is 21.1. The second-order valence-electron chi connectivity index (χ2n) is 15.1. The highest BCUT2D eigenvalue weighted by atomic mass is 19.4. The van der Waals surface area contributed by atoms with Crippen molar-refractivity contribution in [2.45, 2.75) is 149 Å². The van der Waals surface area contributed by atoms with E-state index in [4.69, 9.17) is 9.47 Å². The average Bonchev–Trinajstić information content (AvgIpc) is 3.20. The second-order valence-corrected chi connectivity index (χ2v) is 15.1. The molecular weight excluding hydrogens is 1010 g/mol. The van der Waals surface area contributed by atoms with Crippen LogP contribution >= 0.6 is 0 Å². The molecule has 3 nitrogen and oxygen atoms in total. The average molecular weight is 1050 g/mol. The Labute approximate surface area is 368 Å². The third-order valence-electron chi connectivity index (χ3n) is 9.87. The summed E-state index contributed by atoms with van der Waals surface area (Å²) in [7, 11) is 0. The molecular formula is C39H37F26NO2. The zero-order valence-corrected chi connectivity index (χ0v) is 34.4. The van der Waals surface area contributed by atoms with Gasteiger partial charge in [-0.2, -0.15) is 114 Å². The van der Waals surface area contributed by atoms with Crippen LogP contribution in [0.4, 0.5) is 120 Å². The number of aliphatic imine (C=N–C) groups is 1. The molecule has 0 radical (unpaired) electrons. The fourth-order valence-corrected chi connectivity index (χ4v) is 5.67. The summed E-state index contributed by atoms with van der Waals surface area (Å²) in [5.41, 5.74) is 1.37. The quantitative estimate of drug-likeness (QED) is 0.0507. The summed E-state index contributed by atoms with van der Waals surface area (Å²) in [5.74, 6) is -77.1. The maximum absolute atomic E-state index is 14.3. The minimum Gasteiger partial charge on any atom is -0.490 e. The molecule has 29 heteroatoms. The normalized spacial score (nSPS) is 14.8. The number of unbranched alkanes of at least 4 members (excludes halogenated alkanes) is 5. The molecule has 0 aliphatic heterocycles. The van der Waals surface area contributed by atoms with Gasteiger partial charge in [0.05, 0.1) is 18.9 Å². The summed E-state index contributed by atoms with van der Waals surface area (Å²) in [6, 6.07) is 9.83. The van der Waals surface area contributed by atoms with Crippen molar-refractivity contribution in [3.05, 3.63) is 53.6 Å². The Hall–Kier alpha value is -4.11. The van der Waals surface area contributed by atoms with E-state index in [1.165, 1.54) is 6.07 Å². The molecule has 0 unspecified atom stereocenters. The topological polar surface area (TPSA) is 30.8 Å². The molecule has 2 aromatic carbocycles. The minimum absolute atomic E-state index is 0.0664. The number of hydrogen-bond donors (Lipinski definition) is 0. The van der Waals surface area contributed by atoms with Gasteiger partial charge in [-0.15, -0.1) is 0 Å². The van der Waals surface area contributed by atoms with E-state index in [-0.39, 0.29) is 5.56 Å². The molecule has 0 N–H and O–H groups in total. The molecule has 0 aliphatic rings. The first-order valence-electron chi connectivity index (χ1n) is 19.5. The first kappa shape index (κ1) is 60.0. The third kappa shape index (κ3) is 12.1. The fourth-order valence-electron chi connectivity index (χ4n) is 5.67. The number of hydrogen-bond acceptors (Lipinski definition) is 3. The fraction of sp³-hybridized carbons (Fsp3) is 0.667. The lowest BCUT2D eigenvalue weighted by Gasteiger charge is -2.39. The molecule has 0 aliphatic carbocycles. The van der Waals surface area contributed by atoms with Gasteiger partial charge >= 0.3 is 71.6 Å². The molecule has 0 atom stereocenters. The van der Waals surface area contributed by atoms with Crippen LogP contribution in [0.5, 0.6) is 11.5 Å². The summed E-state index contributed by atoms with van der Waals surface area (Å²) >= 11 is 0. The Balaban J connectivity index is 2.28. The van der Waals surface area contributed by atoms with Crippen LogP contribution in [0.3, 0.4) is 0 Å². The van der Waals surface area contributed by atoms with Gasteiger partial charge in [0.1, 0.15) is 0 Å². The number of nitrogens with zero attached hydrogens (tertiary/aromatic N) is 1. The molecule has 0 saturated carbocycles. The lowest BCUT2D eigenvalue weighted by Crippen LogP contribution is -2.70. The Morgan fingerprint density at radius 3 is 1.21 bits per heavy atom. The van der Waals surface area contributed by atoms with E-state index in [1.807, 2.05) is 6.92 Å². The van der Waals surface area contributed by atoms with Gasteiger partial charge in [-0.1, -0.05) is 38.3 Å². The van der Waals surface area contributed by atoms with Crippen LogP contribution in [0.15, 0.2) is 47.5 Å². The standard InChI is InChI=1S/C39H37F26NO2/c1-2-3-4-5-10-23-11-14-25(15-12-23)66-22-24-13-16-26(67-19-8-6-17-28(40,41)30(44,45)32(48,49)34(52,53)36(56,57)38(60,61)62)27(21-24)68-20-9-7-18-29(42,43)31(46,47)33(50,51)35(54,55)37(58,59)39(63,64)65/h11-16,21-22H,2-10,17-20H2,1H3. The van der Waals surface area contributed by atoms with Crippen LogP contribution in [-0.2, 0) is 6.42 Å². The maximum Gasteiger partial charge on any atom is 0.460 e. The van der Waals surface area contributed by atoms with Gasteiger partial charge < -0.3 is 9.47 Å². The van der Waals surface area contributed by atoms with Crippen LogP contribution in [0.25, 0.3) is 0 Å². The van der Waals surface area contributed by atoms with E-state index in [9.17, 15) is 114 Å². The van der Waals surface area contributed by atoms with Gasteiger partial charge in [-0.3, -0.25) is 4.99 Å². The van der Waals surface area contributed by atoms with Crippen LogP contribution < -0.4 is 9.47 Å². The molecule has 392 valence electrons. The molecule has 0 amide bonds. The predicted molar refractivity (Wildman–Crippen MR) is 188 cm³/mol. The Morgan fingerprint density at radius 1 is 0.412 bits per heavy atom. The van der Waals surface area contributed by atoms with Crippen molar-refractivity contribution >= 4 is 11.9 Å². The van der Waals surface area contributed by atoms with E-state index >= 15 is 0 Å². The van der Waals surface area contributed by atoms with Gasteiger partial charge in [0.15, 0.2) is 11.5 Å². The van der Waals surface area contributed by atoms with Crippen molar-refractivity contribution in [3.63, 3.8) is 0 Å². The summed E-state index contributed by atoms with van der Waals surface area (Å²) < 4.78 is 360. The number of alkyl halides is 26. The van der Waals surface area contributed by atoms with Crippen molar-refractivity contribution in [3.8, 4) is 11.5 Å². The molecule has 0 saturated heterocycles. The lowest BCUT2D eigenvalue weighted by molar-refractivity contribution is -0.440. The lowest BCUT2D eigenvalue weighted by atomic mass is 9.92. The number of halogens is 26. The highest BCUT2D eigenvalue weighted by Crippen LogP contribution is 2.62. The van der Waals surface area contributed by atoms with E-state index in [1.54, 1.807) is 24.3 Å². The summed E-state index contributed by atoms with van der Waals surface area (Å²) in [5, 5.41) is 0. The zero-order chi connectivity index (χ0) is 52.9. The van der Waals surface area contributed by atoms with Gasteiger partial charge in [0.2, 0.25) is 0 Å². The number of ether oxygens (including phenoxy) is 2. The third-order valence-corrected chi connectivity index (χ3v) is 9.87. The van der Waals surface area contributed by atoms with Crippen molar-refractivity contribution in [1.29, 1.82) is 0 Å². The summed E-state index contributed by atoms with van der Waals surface area (Å²) in [6.45, 7) is 0.0950. The maximum atomic E-state index is 14.3. The highest BCUT2D eigenvalue weighted by molar-refractivity contribution is 5.83. The number of rotatable bonds is 27. The first-order valence-corrected chi connectivity index (χ1v) is 19.5. The molecule has 0 heterocycles. The molecule has 0 spiro atoms. The van der Waals surface area contributed by atoms with Crippen molar-refractivity contribution in [2.24, 2.45) is 4.99 Å². The molecule has 0 aromatic heterocycles. The van der Waals surface area contributed by atoms with Crippen LogP contribution in [0, 0.1) is 0 Å². The highest BCUT2D eigenvalue weighted by Gasteiger charge is 2.92. The van der Waals surface area contributed by atoms with Crippen LogP contribution in [0.2, 0.25) is 0 Å². The molecule has 0 bridgehead atoms. The van der Waals surface area contributed by atoms with Gasteiger partial charge in [-0.25, -0.2) is 0 Å². The molecule has 2 aromatic rings. The number of aryl methyl sites for hydroxylation is 1. The monoisotopic (exact) mass is 1050 g/mol. The Kier molecular flexibility index (Phi) is 18.6. The van der Waals surface area contributed by atoms with E-state index in [2.05, 4.69) is 4.99 Å². The molecule has 0 fully saturated rings. The van der Waals surface area contributed by atoms with Gasteiger partial charge in [-0.05, 0) is 80.0 Å². The SMILES string of the molecule is CCCCCCc1ccc(N=Cc2ccc(OCCCCC(F)(F)C(F)(F)C(F)(F)C(F)(F)C(F)(F)C(F)(F)F)c(OCCCCC(F)(F)C(F)(F)C(F)(F)C(F)(F)C(F)(F)C(F)(F)F)c2)cc1. The molecule has 2 rings (SSSR count). The largest absolute Gasteiger partial charge is 0.490 e. The van der Waals surface area contributed by atoms with Crippen LogP contribution in [0.1, 0.15) is 82.3 Å². The van der Waals surface area contributed by atoms with Crippen LogP contribution in [-0.4, -0.2) is 91.0 Å². The van der Waals surface area contributed by atoms with E-state index < -0.39 is 135 Å². The van der Waals surface area contributed by atoms with Crippen molar-refractivity contribution in [1.82, 2.24) is 0 Å². The first-order chi connectivity index (χ1) is 30.6. The summed E-state index contributed by atoms with van der Waals surface area (Å²) in [6.07, 6.45) is -19.4. The number of benzene rings is 2. The minimum atomic E-state index is -8.12. The zero-order valence-electron chi connectivity index (χ0n) is 34.4. The smallest absolute Gasteiger partial charge is 0.460 e. The molecule has 68 heavy (non-hydrogen) atoms. The van der Waals surface area contributed by atoms with E-state index in [0.29, 0.717) is 5.69 Å². The van der Waals surface area contributed by atoms with Gasteiger partial charge in [0.25, 0.3) is 0 Å². The van der Waals surface area contributed by atoms with Gasteiger partial charge in [0, 0.05) is 19.1 Å². The predicted octanol–water partition coefficient (Wildman–Crippen LogP) is 16.1. The van der Waals surface area contributed by atoms with Crippen molar-refractivity contribution in [2.75, 3.05) is 13.2 Å². The Morgan fingerprint density at radius 2 is 0.809 bits per heavy atom. The Bertz CT molecular complexity index is 1940. The van der Waals surface area contributed by atoms with E-state index in [0.717, 1.165) is 56.0 Å². The summed E-state index contributed by atoms with van der Waals surface area (Å²) in [4.78, 5) is 4.18.